The van der Waals surface area contributed by atoms with Crippen LogP contribution in [0.4, 0.5) is 0 Å². The Bertz CT molecular complexity index is 275. The Morgan fingerprint density at radius 2 is 2.40 bits per heavy atom. The van der Waals surface area contributed by atoms with Gasteiger partial charge < -0.3 is 15.2 Å². The highest BCUT2D eigenvalue weighted by molar-refractivity contribution is 7.10. The standard InChI is InChI=1S/C11H19NO2S/c1-9(4-3-6-13)12-8-11-10(14-2)5-7-15-11/h5,7,9,12-13H,3-4,6,8H2,1-2H3. The summed E-state index contributed by atoms with van der Waals surface area (Å²) in [4.78, 5) is 1.23. The molecule has 1 rings (SSSR count). The third-order valence-corrected chi connectivity index (χ3v) is 3.23. The minimum atomic E-state index is 0.272. The van der Waals surface area contributed by atoms with Gasteiger partial charge in [0.05, 0.1) is 12.0 Å². The lowest BCUT2D eigenvalue weighted by Crippen LogP contribution is -2.25. The summed E-state index contributed by atoms with van der Waals surface area (Å²) < 4.78 is 5.23. The van der Waals surface area contributed by atoms with E-state index in [0.29, 0.717) is 6.04 Å². The van der Waals surface area contributed by atoms with Crippen molar-refractivity contribution in [3.05, 3.63) is 16.3 Å². The van der Waals surface area contributed by atoms with Crippen LogP contribution >= 0.6 is 11.3 Å². The van der Waals surface area contributed by atoms with Crippen molar-refractivity contribution in [2.75, 3.05) is 13.7 Å². The van der Waals surface area contributed by atoms with E-state index in [-0.39, 0.29) is 6.61 Å². The Morgan fingerprint density at radius 3 is 3.07 bits per heavy atom. The van der Waals surface area contributed by atoms with Crippen LogP contribution in [0.15, 0.2) is 11.4 Å². The lowest BCUT2D eigenvalue weighted by molar-refractivity contribution is 0.276. The average Bonchev–Trinajstić information content (AvgIpc) is 2.70. The molecule has 0 fully saturated rings. The van der Waals surface area contributed by atoms with Gasteiger partial charge in [0.1, 0.15) is 5.75 Å². The molecule has 1 heterocycles. The number of ether oxygens (including phenoxy) is 1. The second-order valence-corrected chi connectivity index (χ2v) is 4.56. The lowest BCUT2D eigenvalue weighted by atomic mass is 10.2. The minimum Gasteiger partial charge on any atom is -0.496 e. The van der Waals surface area contributed by atoms with Crippen LogP contribution in [-0.4, -0.2) is 24.9 Å². The fraction of sp³-hybridized carbons (Fsp3) is 0.636. The maximum absolute atomic E-state index is 8.70. The van der Waals surface area contributed by atoms with Gasteiger partial charge in [-0.05, 0) is 31.2 Å². The number of nitrogens with one attached hydrogen (secondary N) is 1. The number of methoxy groups -OCH3 is 1. The molecule has 1 aromatic heterocycles. The molecule has 0 bridgehead atoms. The summed E-state index contributed by atoms with van der Waals surface area (Å²) in [6.45, 7) is 3.25. The van der Waals surface area contributed by atoms with E-state index in [9.17, 15) is 0 Å². The lowest BCUT2D eigenvalue weighted by Gasteiger charge is -2.12. The molecule has 1 aromatic rings. The zero-order valence-electron chi connectivity index (χ0n) is 9.32. The van der Waals surface area contributed by atoms with Gasteiger partial charge in [0.25, 0.3) is 0 Å². The van der Waals surface area contributed by atoms with Gasteiger partial charge in [-0.1, -0.05) is 0 Å². The number of aliphatic hydroxyl groups excluding tert-OH is 1. The van der Waals surface area contributed by atoms with E-state index in [2.05, 4.69) is 12.2 Å². The monoisotopic (exact) mass is 229 g/mol. The Kier molecular flexibility index (Phi) is 5.68. The molecule has 0 radical (unpaired) electrons. The topological polar surface area (TPSA) is 41.5 Å². The Hall–Kier alpha value is -0.580. The van der Waals surface area contributed by atoms with E-state index in [1.54, 1.807) is 18.4 Å². The SMILES string of the molecule is COc1ccsc1CNC(C)CCCO. The number of aliphatic hydroxyl groups is 1. The first-order chi connectivity index (χ1) is 7.27. The van der Waals surface area contributed by atoms with Crippen molar-refractivity contribution in [1.82, 2.24) is 5.32 Å². The van der Waals surface area contributed by atoms with E-state index in [1.165, 1.54) is 4.88 Å². The second kappa shape index (κ2) is 6.82. The summed E-state index contributed by atoms with van der Waals surface area (Å²) in [6.07, 6.45) is 1.86. The van der Waals surface area contributed by atoms with Crippen LogP contribution in [0.25, 0.3) is 0 Å². The number of hydrogen-bond acceptors (Lipinski definition) is 4. The zero-order valence-corrected chi connectivity index (χ0v) is 10.1. The van der Waals surface area contributed by atoms with Gasteiger partial charge in [-0.25, -0.2) is 0 Å². The van der Waals surface area contributed by atoms with Crippen LogP contribution in [0, 0.1) is 0 Å². The van der Waals surface area contributed by atoms with Gasteiger partial charge in [-0.3, -0.25) is 0 Å². The largest absolute Gasteiger partial charge is 0.496 e. The smallest absolute Gasteiger partial charge is 0.134 e. The molecule has 0 aliphatic carbocycles. The van der Waals surface area contributed by atoms with Crippen molar-refractivity contribution < 1.29 is 9.84 Å². The fourth-order valence-corrected chi connectivity index (χ4v) is 2.20. The summed E-state index contributed by atoms with van der Waals surface area (Å²) in [5.41, 5.74) is 0. The normalized spacial score (nSPS) is 12.7. The summed E-state index contributed by atoms with van der Waals surface area (Å²) in [5, 5.41) is 14.2. The predicted octanol–water partition coefficient (Wildman–Crippen LogP) is 2.01. The molecule has 0 spiro atoms. The predicted molar refractivity (Wildman–Crippen MR) is 63.5 cm³/mol. The molecule has 86 valence electrons. The van der Waals surface area contributed by atoms with E-state index < -0.39 is 0 Å². The quantitative estimate of drug-likeness (QED) is 0.751. The summed E-state index contributed by atoms with van der Waals surface area (Å²) in [5.74, 6) is 0.960. The van der Waals surface area contributed by atoms with Crippen LogP contribution in [-0.2, 0) is 6.54 Å². The van der Waals surface area contributed by atoms with Crippen LogP contribution in [0.5, 0.6) is 5.75 Å². The molecule has 1 unspecified atom stereocenters. The Labute approximate surface area is 95.1 Å². The van der Waals surface area contributed by atoms with Crippen LogP contribution in [0.1, 0.15) is 24.6 Å². The molecule has 0 aliphatic rings. The Balaban J connectivity index is 2.30. The van der Waals surface area contributed by atoms with Gasteiger partial charge in [0, 0.05) is 19.2 Å². The molecular formula is C11H19NO2S. The summed E-state index contributed by atoms with van der Waals surface area (Å²) in [6, 6.07) is 2.42. The molecule has 4 heteroatoms. The summed E-state index contributed by atoms with van der Waals surface area (Å²) in [7, 11) is 1.70. The van der Waals surface area contributed by atoms with Crippen LogP contribution in [0.2, 0.25) is 0 Å². The van der Waals surface area contributed by atoms with Gasteiger partial charge >= 0.3 is 0 Å². The molecule has 3 nitrogen and oxygen atoms in total. The van der Waals surface area contributed by atoms with Crippen molar-refractivity contribution in [3.8, 4) is 5.75 Å². The van der Waals surface area contributed by atoms with Crippen molar-refractivity contribution in [1.29, 1.82) is 0 Å². The number of thiophene rings is 1. The van der Waals surface area contributed by atoms with E-state index in [0.717, 1.165) is 25.1 Å². The molecule has 1 atom stereocenters. The second-order valence-electron chi connectivity index (χ2n) is 3.56. The van der Waals surface area contributed by atoms with E-state index >= 15 is 0 Å². The average molecular weight is 229 g/mol. The summed E-state index contributed by atoms with van der Waals surface area (Å²) >= 11 is 1.70. The van der Waals surface area contributed by atoms with Gasteiger partial charge in [0.2, 0.25) is 0 Å². The maximum Gasteiger partial charge on any atom is 0.134 e. The zero-order chi connectivity index (χ0) is 11.1. The van der Waals surface area contributed by atoms with Crippen LogP contribution < -0.4 is 10.1 Å². The van der Waals surface area contributed by atoms with Crippen LogP contribution in [0.3, 0.4) is 0 Å². The maximum atomic E-state index is 8.70. The van der Waals surface area contributed by atoms with Crippen molar-refractivity contribution >= 4 is 11.3 Å². The first-order valence-electron chi connectivity index (χ1n) is 5.22. The van der Waals surface area contributed by atoms with Gasteiger partial charge in [0.15, 0.2) is 0 Å². The fourth-order valence-electron chi connectivity index (χ4n) is 1.41. The molecule has 0 amide bonds. The van der Waals surface area contributed by atoms with Crippen molar-refractivity contribution in [2.45, 2.75) is 32.4 Å². The molecule has 0 saturated heterocycles. The van der Waals surface area contributed by atoms with E-state index in [1.807, 2.05) is 11.4 Å². The highest BCUT2D eigenvalue weighted by atomic mass is 32.1. The van der Waals surface area contributed by atoms with Gasteiger partial charge in [-0.2, -0.15) is 0 Å². The van der Waals surface area contributed by atoms with Gasteiger partial charge in [-0.15, -0.1) is 11.3 Å². The van der Waals surface area contributed by atoms with Crippen molar-refractivity contribution in [3.63, 3.8) is 0 Å². The highest BCUT2D eigenvalue weighted by Crippen LogP contribution is 2.24. The molecule has 15 heavy (non-hydrogen) atoms. The molecule has 0 saturated carbocycles. The molecular weight excluding hydrogens is 210 g/mol. The number of rotatable bonds is 7. The third-order valence-electron chi connectivity index (χ3n) is 2.33. The molecule has 0 aromatic carbocycles. The minimum absolute atomic E-state index is 0.272. The third kappa shape index (κ3) is 4.20. The molecule has 2 N–H and O–H groups in total. The number of hydrogen-bond donors (Lipinski definition) is 2. The van der Waals surface area contributed by atoms with Crippen molar-refractivity contribution in [2.24, 2.45) is 0 Å². The van der Waals surface area contributed by atoms with E-state index in [4.69, 9.17) is 9.84 Å². The Morgan fingerprint density at radius 1 is 1.60 bits per heavy atom. The first kappa shape index (κ1) is 12.5. The molecule has 0 aliphatic heterocycles. The highest BCUT2D eigenvalue weighted by Gasteiger charge is 2.06. The first-order valence-corrected chi connectivity index (χ1v) is 6.10.